The molecule has 1 saturated heterocycles. The Kier molecular flexibility index (Phi) is 7.18. The Balaban J connectivity index is 2.16. The van der Waals surface area contributed by atoms with Crippen molar-refractivity contribution in [2.75, 3.05) is 41.0 Å². The molecule has 1 aromatic carbocycles. The third-order valence-electron chi connectivity index (χ3n) is 4.50. The fraction of sp³-hybridized carbons (Fsp3) is 0.600. The van der Waals surface area contributed by atoms with Crippen LogP contribution in [-0.4, -0.2) is 74.5 Å². The third-order valence-corrected chi connectivity index (χ3v) is 4.50. The summed E-state index contributed by atoms with van der Waals surface area (Å²) in [4.78, 5) is 27.2. The Morgan fingerprint density at radius 3 is 2.10 bits per heavy atom. The average Bonchev–Trinajstić information content (AvgIpc) is 2.65. The minimum absolute atomic E-state index is 0.123. The second-order valence-electron chi connectivity index (χ2n) is 7.78. The summed E-state index contributed by atoms with van der Waals surface area (Å²) in [5, 5.41) is 11.7. The lowest BCUT2D eigenvalue weighted by atomic mass is 10.1. The first kappa shape index (κ1) is 22.6. The lowest BCUT2D eigenvalue weighted by molar-refractivity contribution is -0.312. The Morgan fingerprint density at radius 1 is 1.07 bits per heavy atom. The molecule has 0 radical (unpaired) electrons. The Bertz CT molecular complexity index is 720. The molecule has 0 spiro atoms. The number of carboxylic acid groups (broad SMARTS) is 1. The first-order valence-corrected chi connectivity index (χ1v) is 9.31. The second kappa shape index (κ2) is 9.21. The Morgan fingerprint density at radius 2 is 1.66 bits per heavy atom. The second-order valence-corrected chi connectivity index (χ2v) is 7.78. The normalized spacial score (nSPS) is 17.6. The van der Waals surface area contributed by atoms with E-state index in [1.54, 1.807) is 20.8 Å². The van der Waals surface area contributed by atoms with Gasteiger partial charge < -0.3 is 28.8 Å². The molecule has 162 valence electrons. The first-order valence-electron chi connectivity index (χ1n) is 9.31. The van der Waals surface area contributed by atoms with Gasteiger partial charge in [0, 0.05) is 26.2 Å². The number of methoxy groups -OCH3 is 3. The molecule has 1 aliphatic heterocycles. The van der Waals surface area contributed by atoms with Crippen LogP contribution in [0.4, 0.5) is 4.79 Å². The molecule has 29 heavy (non-hydrogen) atoms. The zero-order valence-corrected chi connectivity index (χ0v) is 17.8. The van der Waals surface area contributed by atoms with Crippen molar-refractivity contribution in [2.45, 2.75) is 39.0 Å². The summed E-state index contributed by atoms with van der Waals surface area (Å²) in [6, 6.07) is 2.53. The van der Waals surface area contributed by atoms with Crippen LogP contribution in [0.3, 0.4) is 0 Å². The zero-order chi connectivity index (χ0) is 21.8. The maximum absolute atomic E-state index is 12.4. The van der Waals surface area contributed by atoms with E-state index in [0.717, 1.165) is 5.56 Å². The van der Waals surface area contributed by atoms with Crippen LogP contribution in [0.15, 0.2) is 12.1 Å². The van der Waals surface area contributed by atoms with Crippen molar-refractivity contribution in [3.05, 3.63) is 17.7 Å². The number of carbonyl (C=O) groups is 2. The number of hydrogen-bond acceptors (Lipinski definition) is 8. The Hall–Kier alpha value is -2.68. The highest BCUT2D eigenvalue weighted by Crippen LogP contribution is 2.38. The van der Waals surface area contributed by atoms with Crippen LogP contribution >= 0.6 is 0 Å². The summed E-state index contributed by atoms with van der Waals surface area (Å²) >= 11 is 0. The van der Waals surface area contributed by atoms with E-state index in [1.807, 2.05) is 17.0 Å². The molecular formula is C20H29N2O7-. The van der Waals surface area contributed by atoms with E-state index in [4.69, 9.17) is 18.9 Å². The van der Waals surface area contributed by atoms with E-state index < -0.39 is 23.7 Å². The smallest absolute Gasteiger partial charge is 0.410 e. The molecule has 1 aliphatic rings. The van der Waals surface area contributed by atoms with Crippen LogP contribution in [0.2, 0.25) is 0 Å². The molecule has 9 heteroatoms. The number of nitrogens with zero attached hydrogens (tertiary/aromatic N) is 2. The Labute approximate surface area is 171 Å². The van der Waals surface area contributed by atoms with Crippen molar-refractivity contribution in [1.29, 1.82) is 0 Å². The highest BCUT2D eigenvalue weighted by molar-refractivity contribution is 5.79. The largest absolute Gasteiger partial charge is 0.548 e. The van der Waals surface area contributed by atoms with Gasteiger partial charge in [0.25, 0.3) is 0 Å². The highest BCUT2D eigenvalue weighted by atomic mass is 16.6. The molecule has 0 aliphatic carbocycles. The van der Waals surface area contributed by atoms with Crippen LogP contribution in [0, 0.1) is 0 Å². The van der Waals surface area contributed by atoms with Gasteiger partial charge in [0.15, 0.2) is 11.5 Å². The number of aliphatic carboxylic acids is 1. The molecule has 9 nitrogen and oxygen atoms in total. The number of benzene rings is 1. The molecule has 0 saturated carbocycles. The van der Waals surface area contributed by atoms with Crippen LogP contribution in [0.25, 0.3) is 0 Å². The summed E-state index contributed by atoms with van der Waals surface area (Å²) in [6.45, 7) is 6.48. The van der Waals surface area contributed by atoms with Crippen molar-refractivity contribution < 1.29 is 33.6 Å². The average molecular weight is 409 g/mol. The lowest BCUT2D eigenvalue weighted by Crippen LogP contribution is -2.61. The van der Waals surface area contributed by atoms with E-state index in [9.17, 15) is 14.7 Å². The van der Waals surface area contributed by atoms with Gasteiger partial charge in [-0.1, -0.05) is 0 Å². The maximum Gasteiger partial charge on any atom is 0.410 e. The van der Waals surface area contributed by atoms with Crippen molar-refractivity contribution in [1.82, 2.24) is 9.80 Å². The molecule has 2 rings (SSSR count). The van der Waals surface area contributed by atoms with Gasteiger partial charge in [0.05, 0.1) is 33.3 Å². The van der Waals surface area contributed by atoms with Gasteiger partial charge in [-0.3, -0.25) is 9.80 Å². The molecule has 0 N–H and O–H groups in total. The highest BCUT2D eigenvalue weighted by Gasteiger charge is 2.34. The van der Waals surface area contributed by atoms with E-state index in [-0.39, 0.29) is 13.1 Å². The van der Waals surface area contributed by atoms with Crippen molar-refractivity contribution in [2.24, 2.45) is 0 Å². The number of amides is 1. The minimum Gasteiger partial charge on any atom is -0.548 e. The lowest BCUT2D eigenvalue weighted by Gasteiger charge is -2.42. The number of ether oxygens (including phenoxy) is 4. The SMILES string of the molecule is COc1cc(CN2CCN(C(=O)OC(C)(C)C)C(C(=O)[O-])C2)cc(OC)c1OC. The van der Waals surface area contributed by atoms with E-state index >= 15 is 0 Å². The molecule has 0 bridgehead atoms. The molecule has 1 amide bonds. The summed E-state index contributed by atoms with van der Waals surface area (Å²) < 4.78 is 21.4. The van der Waals surface area contributed by atoms with Gasteiger partial charge in [0.2, 0.25) is 5.75 Å². The van der Waals surface area contributed by atoms with Gasteiger partial charge in [0.1, 0.15) is 5.60 Å². The summed E-state index contributed by atoms with van der Waals surface area (Å²) in [5.41, 5.74) is 0.156. The predicted molar refractivity (Wildman–Crippen MR) is 103 cm³/mol. The van der Waals surface area contributed by atoms with E-state index in [2.05, 4.69) is 0 Å². The fourth-order valence-electron chi connectivity index (χ4n) is 3.21. The molecule has 0 aromatic heterocycles. The van der Waals surface area contributed by atoms with E-state index in [1.165, 1.54) is 26.2 Å². The molecule has 1 heterocycles. The number of piperazine rings is 1. The van der Waals surface area contributed by atoms with Gasteiger partial charge in [-0.2, -0.15) is 0 Å². The fourth-order valence-corrected chi connectivity index (χ4v) is 3.21. The molecule has 1 atom stereocenters. The zero-order valence-electron chi connectivity index (χ0n) is 17.8. The van der Waals surface area contributed by atoms with Crippen LogP contribution in [0.1, 0.15) is 26.3 Å². The molecule has 1 unspecified atom stereocenters. The van der Waals surface area contributed by atoms with Crippen molar-refractivity contribution in [3.8, 4) is 17.2 Å². The van der Waals surface area contributed by atoms with E-state index in [0.29, 0.717) is 30.3 Å². The maximum atomic E-state index is 12.4. The van der Waals surface area contributed by atoms with Crippen LogP contribution < -0.4 is 19.3 Å². The number of rotatable bonds is 6. The predicted octanol–water partition coefficient (Wildman–Crippen LogP) is 0.884. The monoisotopic (exact) mass is 409 g/mol. The topological polar surface area (TPSA) is 101 Å². The summed E-state index contributed by atoms with van der Waals surface area (Å²) in [5.74, 6) is 0.211. The van der Waals surface area contributed by atoms with Crippen molar-refractivity contribution >= 4 is 12.1 Å². The first-order chi connectivity index (χ1) is 13.6. The van der Waals surface area contributed by atoms with Crippen molar-refractivity contribution in [3.63, 3.8) is 0 Å². The number of carbonyl (C=O) groups excluding carboxylic acids is 2. The van der Waals surface area contributed by atoms with Gasteiger partial charge in [-0.25, -0.2) is 4.79 Å². The quantitative estimate of drug-likeness (QED) is 0.683. The summed E-state index contributed by atoms with van der Waals surface area (Å²) in [6.07, 6.45) is -0.654. The third kappa shape index (κ3) is 5.66. The molecule has 1 aromatic rings. The van der Waals surface area contributed by atoms with Crippen LogP contribution in [-0.2, 0) is 16.1 Å². The number of carboxylic acids is 1. The van der Waals surface area contributed by atoms with Gasteiger partial charge in [-0.15, -0.1) is 0 Å². The van der Waals surface area contributed by atoms with Gasteiger partial charge in [-0.05, 0) is 38.5 Å². The summed E-state index contributed by atoms with van der Waals surface area (Å²) in [7, 11) is 4.60. The molecular weight excluding hydrogens is 380 g/mol. The number of hydrogen-bond donors (Lipinski definition) is 0. The van der Waals surface area contributed by atoms with Gasteiger partial charge >= 0.3 is 6.09 Å². The van der Waals surface area contributed by atoms with Crippen LogP contribution in [0.5, 0.6) is 17.2 Å². The molecule has 1 fully saturated rings. The standard InChI is InChI=1S/C20H30N2O7/c1-20(2,3)29-19(25)22-8-7-21(12-14(22)18(23)24)11-13-9-15(26-4)17(28-6)16(10-13)27-5/h9-10,14H,7-8,11-12H2,1-6H3,(H,23,24)/p-1. The minimum atomic E-state index is -1.31.